The summed E-state index contributed by atoms with van der Waals surface area (Å²) in [5, 5.41) is 16.3. The summed E-state index contributed by atoms with van der Waals surface area (Å²) in [6.07, 6.45) is 5.84. The Balaban J connectivity index is 0.973. The Bertz CT molecular complexity index is 2130. The minimum absolute atomic E-state index is 0.0616. The predicted octanol–water partition coefficient (Wildman–Crippen LogP) is 5.67. The highest BCUT2D eigenvalue weighted by atomic mass is 35.5. The Labute approximate surface area is 308 Å². The molecule has 0 saturated heterocycles. The molecule has 4 aliphatic rings. The van der Waals surface area contributed by atoms with E-state index in [1.165, 1.54) is 0 Å². The van der Waals surface area contributed by atoms with Crippen LogP contribution in [0, 0.1) is 17.8 Å². The van der Waals surface area contributed by atoms with Crippen molar-refractivity contribution in [3.63, 3.8) is 0 Å². The van der Waals surface area contributed by atoms with Gasteiger partial charge in [0.05, 0.1) is 27.5 Å². The lowest BCUT2D eigenvalue weighted by Crippen LogP contribution is -2.39. The summed E-state index contributed by atoms with van der Waals surface area (Å²) in [4.78, 5) is 53.3. The number of nitrogens with zero attached hydrogens (tertiary/aromatic N) is 6. The van der Waals surface area contributed by atoms with E-state index in [0.29, 0.717) is 34.6 Å². The average molecular weight is 725 g/mol. The number of aromatic nitrogens is 4. The number of carboxylic acid groups (broad SMARTS) is 1. The zero-order chi connectivity index (χ0) is 36.5. The lowest BCUT2D eigenvalue weighted by Gasteiger charge is -2.35. The van der Waals surface area contributed by atoms with Gasteiger partial charge in [-0.25, -0.2) is 9.97 Å². The van der Waals surface area contributed by atoms with E-state index in [0.717, 1.165) is 111 Å². The summed E-state index contributed by atoms with van der Waals surface area (Å²) in [5.41, 5.74) is 7.00. The third-order valence-electron chi connectivity index (χ3n) is 12.3. The molecule has 272 valence electrons. The number of hydrogen-bond acceptors (Lipinski definition) is 7. The van der Waals surface area contributed by atoms with E-state index in [-0.39, 0.29) is 17.2 Å². The van der Waals surface area contributed by atoms with E-state index in [2.05, 4.69) is 32.5 Å². The number of imidazole rings is 2. The van der Waals surface area contributed by atoms with Crippen LogP contribution in [0.1, 0.15) is 81.7 Å². The number of amides is 2. The molecule has 0 atom stereocenters. The fourth-order valence-electron chi connectivity index (χ4n) is 9.35. The third-order valence-corrected chi connectivity index (χ3v) is 12.7. The van der Waals surface area contributed by atoms with Gasteiger partial charge in [-0.1, -0.05) is 35.9 Å². The maximum Gasteiger partial charge on any atom is 0.309 e. The number of hydrogen-bond donors (Lipinski definition) is 3. The SMILES string of the molecule is Cc1c(NC(=O)c2nc3c(n2C)CCN(C)C3)cccc1-c1cccc(NC(=O)c2nc3c(n2C)CCN(CC24CCC(C(=O)O)(CC2)C4)C3)c1Cl. The molecule has 0 unspecified atom stereocenters. The van der Waals surface area contributed by atoms with E-state index in [4.69, 9.17) is 16.6 Å². The Hall–Kier alpha value is -4.52. The van der Waals surface area contributed by atoms with Crippen molar-refractivity contribution in [1.29, 1.82) is 0 Å². The van der Waals surface area contributed by atoms with Gasteiger partial charge in [-0.2, -0.15) is 0 Å². The van der Waals surface area contributed by atoms with Gasteiger partial charge in [-0.15, -0.1) is 0 Å². The summed E-state index contributed by atoms with van der Waals surface area (Å²) in [5.74, 6) is -0.559. The first-order chi connectivity index (χ1) is 24.9. The molecule has 52 heavy (non-hydrogen) atoms. The number of carbonyl (C=O) groups excluding carboxylic acids is 2. The van der Waals surface area contributed by atoms with Gasteiger partial charge in [0.2, 0.25) is 0 Å². The predicted molar refractivity (Wildman–Crippen MR) is 199 cm³/mol. The van der Waals surface area contributed by atoms with Crippen LogP contribution in [0.15, 0.2) is 36.4 Å². The first kappa shape index (κ1) is 34.6. The van der Waals surface area contributed by atoms with Crippen LogP contribution in [-0.2, 0) is 44.8 Å². The number of likely N-dealkylation sites (N-methyl/N-ethyl adjacent to an activating group) is 1. The van der Waals surface area contributed by atoms with Crippen molar-refractivity contribution in [3.8, 4) is 11.1 Å². The van der Waals surface area contributed by atoms with Crippen molar-refractivity contribution in [2.24, 2.45) is 24.9 Å². The van der Waals surface area contributed by atoms with Gasteiger partial charge in [0, 0.05) is 82.3 Å². The summed E-state index contributed by atoms with van der Waals surface area (Å²) in [7, 11) is 5.82. The van der Waals surface area contributed by atoms with Gasteiger partial charge in [-0.05, 0) is 74.8 Å². The van der Waals surface area contributed by atoms with E-state index in [9.17, 15) is 19.5 Å². The molecular weight excluding hydrogens is 680 g/mol. The van der Waals surface area contributed by atoms with Gasteiger partial charge in [0.15, 0.2) is 11.6 Å². The minimum Gasteiger partial charge on any atom is -0.481 e. The minimum atomic E-state index is -0.640. The Morgan fingerprint density at radius 1 is 0.808 bits per heavy atom. The molecular formula is C39H45ClN8O4. The highest BCUT2D eigenvalue weighted by Gasteiger charge is 2.58. The van der Waals surface area contributed by atoms with Crippen molar-refractivity contribution in [1.82, 2.24) is 28.9 Å². The van der Waals surface area contributed by atoms with Gasteiger partial charge in [0.25, 0.3) is 11.8 Å². The normalized spacial score (nSPS) is 22.6. The van der Waals surface area contributed by atoms with Crippen LogP contribution < -0.4 is 10.6 Å². The van der Waals surface area contributed by atoms with Crippen LogP contribution >= 0.6 is 11.6 Å². The smallest absolute Gasteiger partial charge is 0.309 e. The quantitative estimate of drug-likeness (QED) is 0.212. The van der Waals surface area contributed by atoms with Crippen molar-refractivity contribution in [2.45, 2.75) is 65.0 Å². The van der Waals surface area contributed by atoms with Gasteiger partial charge in [0.1, 0.15) is 0 Å². The molecule has 2 amide bonds. The number of rotatable bonds is 8. The Kier molecular flexibility index (Phi) is 8.54. The van der Waals surface area contributed by atoms with Crippen LogP contribution in [0.25, 0.3) is 11.1 Å². The second-order valence-electron chi connectivity index (χ2n) is 15.5. The lowest BCUT2D eigenvalue weighted by molar-refractivity contribution is -0.148. The Morgan fingerprint density at radius 3 is 2.02 bits per heavy atom. The molecule has 13 heteroatoms. The summed E-state index contributed by atoms with van der Waals surface area (Å²) in [6, 6.07) is 11.2. The molecule has 0 spiro atoms. The lowest BCUT2D eigenvalue weighted by atomic mass is 9.81. The first-order valence-electron chi connectivity index (χ1n) is 18.1. The van der Waals surface area contributed by atoms with Crippen LogP contribution in [0.2, 0.25) is 5.02 Å². The van der Waals surface area contributed by atoms with E-state index in [1.54, 1.807) is 6.07 Å². The fraction of sp³-hybridized carbons (Fsp3) is 0.462. The molecule has 2 aliphatic heterocycles. The molecule has 4 aromatic rings. The zero-order valence-corrected chi connectivity index (χ0v) is 30.9. The van der Waals surface area contributed by atoms with E-state index < -0.39 is 11.4 Å². The molecule has 2 saturated carbocycles. The summed E-state index contributed by atoms with van der Waals surface area (Å²) < 4.78 is 3.77. The second kappa shape index (κ2) is 12.9. The van der Waals surface area contributed by atoms with Gasteiger partial charge < -0.3 is 29.8 Å². The topological polar surface area (TPSA) is 138 Å². The number of nitrogens with one attached hydrogen (secondary N) is 2. The van der Waals surface area contributed by atoms with Crippen molar-refractivity contribution < 1.29 is 19.5 Å². The molecule has 2 aliphatic carbocycles. The van der Waals surface area contributed by atoms with Crippen molar-refractivity contribution in [2.75, 3.05) is 37.3 Å². The summed E-state index contributed by atoms with van der Waals surface area (Å²) >= 11 is 7.00. The van der Waals surface area contributed by atoms with Crippen LogP contribution in [0.5, 0.6) is 0 Å². The number of carboxylic acids is 1. The zero-order valence-electron chi connectivity index (χ0n) is 30.2. The van der Waals surface area contributed by atoms with Gasteiger partial charge >= 0.3 is 5.97 Å². The molecule has 2 aromatic carbocycles. The monoisotopic (exact) mass is 724 g/mol. The fourth-order valence-corrected chi connectivity index (χ4v) is 9.62. The van der Waals surface area contributed by atoms with Crippen LogP contribution in [0.3, 0.4) is 0 Å². The standard InChI is InChI=1S/C39H45ClN8O4/c1-23-24(7-5-9-26(23)43-35(49)33-41-28-19-45(2)17-11-30(28)46(33)3)25-8-6-10-27(32(25)40)44-36(50)34-42-29-20-48(18-12-31(29)47(34)4)22-38-13-15-39(21-38,16-14-38)37(51)52/h5-10H,11-22H2,1-4H3,(H,43,49)(H,44,50)(H,51,52). The number of anilines is 2. The number of aliphatic carboxylic acids is 1. The molecule has 2 bridgehead atoms. The molecule has 8 rings (SSSR count). The molecule has 2 fully saturated rings. The highest BCUT2D eigenvalue weighted by molar-refractivity contribution is 6.36. The molecule has 3 N–H and O–H groups in total. The van der Waals surface area contributed by atoms with Gasteiger partial charge in [-0.3, -0.25) is 19.3 Å². The maximum absolute atomic E-state index is 13.7. The number of benzene rings is 2. The third kappa shape index (κ3) is 5.81. The number of fused-ring (bicyclic) bond motifs is 4. The Morgan fingerprint density at radius 2 is 1.38 bits per heavy atom. The molecule has 0 radical (unpaired) electrons. The van der Waals surface area contributed by atoms with Crippen LogP contribution in [0.4, 0.5) is 11.4 Å². The molecule has 4 heterocycles. The molecule has 12 nitrogen and oxygen atoms in total. The summed E-state index contributed by atoms with van der Waals surface area (Å²) in [6.45, 7) is 5.94. The maximum atomic E-state index is 13.7. The number of halogens is 1. The number of carbonyl (C=O) groups is 3. The first-order valence-corrected chi connectivity index (χ1v) is 18.5. The van der Waals surface area contributed by atoms with Crippen molar-refractivity contribution in [3.05, 3.63) is 81.4 Å². The van der Waals surface area contributed by atoms with E-state index >= 15 is 0 Å². The highest BCUT2D eigenvalue weighted by Crippen LogP contribution is 2.62. The largest absolute Gasteiger partial charge is 0.481 e. The second-order valence-corrected chi connectivity index (χ2v) is 15.9. The van der Waals surface area contributed by atoms with Crippen molar-refractivity contribution >= 4 is 40.8 Å². The van der Waals surface area contributed by atoms with Crippen LogP contribution in [-0.4, -0.2) is 78.5 Å². The molecule has 2 aromatic heterocycles. The average Bonchev–Trinajstić information content (AvgIpc) is 3.86. The van der Waals surface area contributed by atoms with E-state index in [1.807, 2.05) is 60.5 Å².